The van der Waals surface area contributed by atoms with Crippen LogP contribution in [0.2, 0.25) is 0 Å². The van der Waals surface area contributed by atoms with E-state index in [9.17, 15) is 0 Å². The number of nitrogens with zero attached hydrogens (tertiary/aromatic N) is 1. The lowest BCUT2D eigenvalue weighted by molar-refractivity contribution is -0.660. The molecule has 0 atom stereocenters. The second kappa shape index (κ2) is 5.02. The van der Waals surface area contributed by atoms with Gasteiger partial charge in [0.15, 0.2) is 6.20 Å². The zero-order valence-electron chi connectivity index (χ0n) is 12.5. The number of aromatic nitrogens is 1. The van der Waals surface area contributed by atoms with E-state index in [1.54, 1.807) is 0 Å². The average molecular weight is 282 g/mol. The quantitative estimate of drug-likeness (QED) is 0.593. The Hall–Kier alpha value is -1.67. The van der Waals surface area contributed by atoms with Gasteiger partial charge in [0, 0.05) is 16.3 Å². The van der Waals surface area contributed by atoms with Crippen LogP contribution in [0.1, 0.15) is 30.9 Å². The molecule has 2 heterocycles. The molecule has 0 fully saturated rings. The molecule has 0 amide bonds. The number of aryl methyl sites for hydroxylation is 2. The van der Waals surface area contributed by atoms with Crippen molar-refractivity contribution in [2.45, 2.75) is 26.7 Å². The Balaban J connectivity index is 2.18. The predicted molar refractivity (Wildman–Crippen MR) is 87.3 cm³/mol. The monoisotopic (exact) mass is 282 g/mol. The molecule has 2 aromatic heterocycles. The summed E-state index contributed by atoms with van der Waals surface area (Å²) in [6, 6.07) is 13.2. The summed E-state index contributed by atoms with van der Waals surface area (Å²) >= 11 is 1.88. The Morgan fingerprint density at radius 1 is 1.05 bits per heavy atom. The molecule has 0 saturated carbocycles. The van der Waals surface area contributed by atoms with Crippen LogP contribution in [0.4, 0.5) is 0 Å². The van der Waals surface area contributed by atoms with E-state index in [2.05, 4.69) is 75.0 Å². The van der Waals surface area contributed by atoms with E-state index in [0.717, 1.165) is 0 Å². The van der Waals surface area contributed by atoms with Crippen LogP contribution in [-0.4, -0.2) is 0 Å². The molecule has 0 saturated heterocycles. The van der Waals surface area contributed by atoms with E-state index in [1.165, 1.54) is 31.8 Å². The van der Waals surface area contributed by atoms with Gasteiger partial charge in [-0.25, -0.2) is 4.57 Å². The topological polar surface area (TPSA) is 3.88 Å². The van der Waals surface area contributed by atoms with Crippen LogP contribution in [0.5, 0.6) is 0 Å². The number of thiophene rings is 1. The summed E-state index contributed by atoms with van der Waals surface area (Å²) in [5.41, 5.74) is 4.07. The molecule has 0 bridgehead atoms. The van der Waals surface area contributed by atoms with Crippen molar-refractivity contribution in [3.05, 3.63) is 53.7 Å². The maximum Gasteiger partial charge on any atom is 0.222 e. The van der Waals surface area contributed by atoms with Crippen molar-refractivity contribution in [1.29, 1.82) is 0 Å². The molecule has 102 valence electrons. The first-order valence-corrected chi connectivity index (χ1v) is 7.87. The molecular weight excluding hydrogens is 262 g/mol. The first-order valence-electron chi connectivity index (χ1n) is 7.06. The van der Waals surface area contributed by atoms with Crippen molar-refractivity contribution >= 4 is 21.4 Å². The van der Waals surface area contributed by atoms with Crippen molar-refractivity contribution in [1.82, 2.24) is 0 Å². The van der Waals surface area contributed by atoms with E-state index in [0.29, 0.717) is 5.92 Å². The van der Waals surface area contributed by atoms with Gasteiger partial charge in [0.2, 0.25) is 5.69 Å². The lowest BCUT2D eigenvalue weighted by atomic mass is 10.0. The van der Waals surface area contributed by atoms with E-state index in [4.69, 9.17) is 0 Å². The molecule has 20 heavy (non-hydrogen) atoms. The zero-order chi connectivity index (χ0) is 14.3. The Kier molecular flexibility index (Phi) is 3.35. The van der Waals surface area contributed by atoms with Crippen molar-refractivity contribution in [2.75, 3.05) is 0 Å². The minimum atomic E-state index is 0.568. The highest BCUT2D eigenvalue weighted by Crippen LogP contribution is 2.36. The number of hydrogen-bond donors (Lipinski definition) is 0. The van der Waals surface area contributed by atoms with Gasteiger partial charge in [0.1, 0.15) is 11.9 Å². The molecule has 0 aliphatic carbocycles. The average Bonchev–Trinajstić information content (AvgIpc) is 2.76. The summed E-state index contributed by atoms with van der Waals surface area (Å²) in [6.07, 6.45) is 2.25. The van der Waals surface area contributed by atoms with Gasteiger partial charge in [-0.3, -0.25) is 0 Å². The fraction of sp³-hybridized carbons (Fsp3) is 0.278. The summed E-state index contributed by atoms with van der Waals surface area (Å²) in [6.45, 7) is 6.70. The van der Waals surface area contributed by atoms with Crippen LogP contribution in [0.15, 0.2) is 42.6 Å². The predicted octanol–water partition coefficient (Wildman–Crippen LogP) is 4.82. The third-order valence-corrected chi connectivity index (χ3v) is 5.19. The summed E-state index contributed by atoms with van der Waals surface area (Å²) in [7, 11) is 2.14. The highest BCUT2D eigenvalue weighted by molar-refractivity contribution is 7.22. The fourth-order valence-corrected chi connectivity index (χ4v) is 3.90. The number of hydrogen-bond acceptors (Lipinski definition) is 1. The number of benzene rings is 1. The van der Waals surface area contributed by atoms with Crippen LogP contribution in [0, 0.1) is 6.92 Å². The lowest BCUT2D eigenvalue weighted by Crippen LogP contribution is -2.31. The third-order valence-electron chi connectivity index (χ3n) is 3.90. The summed E-state index contributed by atoms with van der Waals surface area (Å²) < 4.78 is 3.63. The van der Waals surface area contributed by atoms with Crippen molar-refractivity contribution in [3.63, 3.8) is 0 Å². The molecule has 1 aromatic carbocycles. The Morgan fingerprint density at radius 3 is 2.45 bits per heavy atom. The van der Waals surface area contributed by atoms with Crippen LogP contribution >= 0.6 is 11.3 Å². The SMILES string of the molecule is Cc1c(-c2ccc(C(C)C)c[n+]2C)sc2ccccc12. The van der Waals surface area contributed by atoms with E-state index in [1.807, 2.05) is 11.3 Å². The number of pyridine rings is 1. The minimum Gasteiger partial charge on any atom is -0.200 e. The van der Waals surface area contributed by atoms with Crippen LogP contribution in [0.3, 0.4) is 0 Å². The molecule has 0 unspecified atom stereocenters. The van der Waals surface area contributed by atoms with Gasteiger partial charge in [-0.05, 0) is 35.9 Å². The maximum atomic E-state index is 2.26. The standard InChI is InChI=1S/C18H20NS/c1-12(2)14-9-10-16(19(4)11-14)18-13(3)15-7-5-6-8-17(15)20-18/h5-12H,1-4H3/q+1. The Morgan fingerprint density at radius 2 is 1.80 bits per heavy atom. The molecule has 0 radical (unpaired) electrons. The largest absolute Gasteiger partial charge is 0.222 e. The van der Waals surface area contributed by atoms with Crippen molar-refractivity contribution in [2.24, 2.45) is 7.05 Å². The molecule has 3 rings (SSSR count). The van der Waals surface area contributed by atoms with Crippen LogP contribution < -0.4 is 4.57 Å². The first-order chi connectivity index (χ1) is 9.58. The van der Waals surface area contributed by atoms with Gasteiger partial charge in [-0.1, -0.05) is 32.0 Å². The van der Waals surface area contributed by atoms with Crippen molar-refractivity contribution in [3.8, 4) is 10.6 Å². The molecule has 2 heteroatoms. The molecular formula is C18H20NS+. The second-order valence-electron chi connectivity index (χ2n) is 5.67. The van der Waals surface area contributed by atoms with Crippen molar-refractivity contribution < 1.29 is 4.57 Å². The van der Waals surface area contributed by atoms with Gasteiger partial charge in [0.05, 0.1) is 0 Å². The molecule has 1 nitrogen and oxygen atoms in total. The zero-order valence-corrected chi connectivity index (χ0v) is 13.3. The highest BCUT2D eigenvalue weighted by Gasteiger charge is 2.18. The molecule has 0 N–H and O–H groups in total. The third kappa shape index (κ3) is 2.14. The van der Waals surface area contributed by atoms with Gasteiger partial charge in [0.25, 0.3) is 0 Å². The maximum absolute atomic E-state index is 2.26. The Labute approximate surface area is 124 Å². The molecule has 0 aliphatic rings. The second-order valence-corrected chi connectivity index (χ2v) is 6.72. The smallest absolute Gasteiger partial charge is 0.200 e. The number of rotatable bonds is 2. The summed E-state index contributed by atoms with van der Waals surface area (Å²) in [5.74, 6) is 0.568. The van der Waals surface area contributed by atoms with Gasteiger partial charge in [-0.15, -0.1) is 11.3 Å². The minimum absolute atomic E-state index is 0.568. The first kappa shape index (κ1) is 13.3. The molecule has 0 aliphatic heterocycles. The summed E-state index contributed by atoms with van der Waals surface area (Å²) in [5, 5.41) is 1.38. The van der Waals surface area contributed by atoms with Crippen LogP contribution in [-0.2, 0) is 7.05 Å². The normalized spacial score (nSPS) is 11.4. The van der Waals surface area contributed by atoms with Crippen LogP contribution in [0.25, 0.3) is 20.7 Å². The van der Waals surface area contributed by atoms with E-state index in [-0.39, 0.29) is 0 Å². The molecule has 0 spiro atoms. The van der Waals surface area contributed by atoms with E-state index < -0.39 is 0 Å². The lowest BCUT2D eigenvalue weighted by Gasteiger charge is -2.05. The van der Waals surface area contributed by atoms with Gasteiger partial charge in [-0.2, -0.15) is 0 Å². The van der Waals surface area contributed by atoms with Gasteiger partial charge < -0.3 is 0 Å². The summed E-state index contributed by atoms with van der Waals surface area (Å²) in [4.78, 5) is 1.38. The van der Waals surface area contributed by atoms with Gasteiger partial charge >= 0.3 is 0 Å². The highest BCUT2D eigenvalue weighted by atomic mass is 32.1. The fourth-order valence-electron chi connectivity index (χ4n) is 2.62. The number of fused-ring (bicyclic) bond motifs is 1. The Bertz CT molecular complexity index is 768. The molecule has 3 aromatic rings. The van der Waals surface area contributed by atoms with E-state index >= 15 is 0 Å².